The van der Waals surface area contributed by atoms with Crippen LogP contribution < -0.4 is 5.32 Å². The van der Waals surface area contributed by atoms with Gasteiger partial charge in [0.05, 0.1) is 12.6 Å². The van der Waals surface area contributed by atoms with Gasteiger partial charge in [-0.25, -0.2) is 4.39 Å². The molecule has 20 heavy (non-hydrogen) atoms. The summed E-state index contributed by atoms with van der Waals surface area (Å²) in [6, 6.07) is 6.75. The molecular formula is C15H18FN3O. The largest absolute Gasteiger partial charge is 0.349 e. The van der Waals surface area contributed by atoms with E-state index in [0.717, 1.165) is 25.9 Å². The van der Waals surface area contributed by atoms with Gasteiger partial charge in [0.15, 0.2) is 0 Å². The lowest BCUT2D eigenvalue weighted by Gasteiger charge is -2.30. The molecule has 4 nitrogen and oxygen atoms in total. The van der Waals surface area contributed by atoms with Crippen LogP contribution in [0.15, 0.2) is 18.2 Å². The maximum atomic E-state index is 13.4. The molecule has 106 valence electrons. The van der Waals surface area contributed by atoms with E-state index in [9.17, 15) is 9.18 Å². The zero-order valence-corrected chi connectivity index (χ0v) is 11.5. The van der Waals surface area contributed by atoms with Gasteiger partial charge in [0.2, 0.25) is 0 Å². The predicted octanol–water partition coefficient (Wildman–Crippen LogP) is 1.85. The van der Waals surface area contributed by atoms with Gasteiger partial charge in [0, 0.05) is 24.7 Å². The lowest BCUT2D eigenvalue weighted by Crippen LogP contribution is -2.44. The van der Waals surface area contributed by atoms with Crippen LogP contribution in [0.4, 0.5) is 4.39 Å². The first kappa shape index (κ1) is 14.5. The molecule has 0 radical (unpaired) electrons. The van der Waals surface area contributed by atoms with E-state index >= 15 is 0 Å². The molecule has 0 atom stereocenters. The van der Waals surface area contributed by atoms with E-state index in [1.165, 1.54) is 6.07 Å². The number of halogens is 1. The van der Waals surface area contributed by atoms with Gasteiger partial charge in [-0.05, 0) is 37.5 Å². The Bertz CT molecular complexity index is 530. The van der Waals surface area contributed by atoms with Crippen LogP contribution in [0.25, 0.3) is 0 Å². The summed E-state index contributed by atoms with van der Waals surface area (Å²) in [4.78, 5) is 14.1. The van der Waals surface area contributed by atoms with Crippen LogP contribution in [0.2, 0.25) is 0 Å². The van der Waals surface area contributed by atoms with Gasteiger partial charge in [-0.3, -0.25) is 9.69 Å². The lowest BCUT2D eigenvalue weighted by molar-refractivity contribution is 0.0914. The molecule has 1 amide bonds. The Hall–Kier alpha value is -1.93. The molecule has 0 saturated carbocycles. The van der Waals surface area contributed by atoms with E-state index in [1.807, 2.05) is 0 Å². The molecule has 1 heterocycles. The van der Waals surface area contributed by atoms with Crippen LogP contribution in [0.1, 0.15) is 28.8 Å². The van der Waals surface area contributed by atoms with Crippen molar-refractivity contribution in [3.8, 4) is 6.07 Å². The van der Waals surface area contributed by atoms with E-state index in [4.69, 9.17) is 5.26 Å². The summed E-state index contributed by atoms with van der Waals surface area (Å²) in [6.07, 6.45) is 1.64. The van der Waals surface area contributed by atoms with Crippen molar-refractivity contribution in [1.29, 1.82) is 5.26 Å². The average Bonchev–Trinajstić information content (AvgIpc) is 2.44. The normalized spacial score (nSPS) is 16.6. The van der Waals surface area contributed by atoms with E-state index in [0.29, 0.717) is 17.7 Å². The second kappa shape index (κ2) is 6.49. The first-order valence-electron chi connectivity index (χ1n) is 6.76. The summed E-state index contributed by atoms with van der Waals surface area (Å²) in [7, 11) is 0. The van der Waals surface area contributed by atoms with Crippen molar-refractivity contribution in [3.63, 3.8) is 0 Å². The molecule has 1 aliphatic rings. The summed E-state index contributed by atoms with van der Waals surface area (Å²) in [6.45, 7) is 3.72. The highest BCUT2D eigenvalue weighted by molar-refractivity contribution is 5.94. The van der Waals surface area contributed by atoms with Crippen LogP contribution in [-0.2, 0) is 0 Å². The summed E-state index contributed by atoms with van der Waals surface area (Å²) < 4.78 is 13.4. The van der Waals surface area contributed by atoms with Crippen LogP contribution in [-0.4, -0.2) is 36.5 Å². The maximum absolute atomic E-state index is 13.4. The molecule has 1 aromatic rings. The molecule has 1 fully saturated rings. The molecule has 1 N–H and O–H groups in total. The van der Waals surface area contributed by atoms with Gasteiger partial charge in [0.25, 0.3) is 5.91 Å². The van der Waals surface area contributed by atoms with Crippen molar-refractivity contribution in [1.82, 2.24) is 10.2 Å². The average molecular weight is 275 g/mol. The standard InChI is InChI=1S/C15H18FN3O/c1-11-2-3-12(10-14(11)16)15(20)18-13-4-7-19(8-5-13)9-6-17/h2-3,10,13H,4-5,7-9H2,1H3,(H,18,20). The van der Waals surface area contributed by atoms with Crippen molar-refractivity contribution >= 4 is 5.91 Å². The summed E-state index contributed by atoms with van der Waals surface area (Å²) in [5.74, 6) is -0.593. The fourth-order valence-corrected chi connectivity index (χ4v) is 2.34. The monoisotopic (exact) mass is 275 g/mol. The van der Waals surface area contributed by atoms with Crippen LogP contribution in [0.5, 0.6) is 0 Å². The second-order valence-corrected chi connectivity index (χ2v) is 5.15. The lowest BCUT2D eigenvalue weighted by atomic mass is 10.0. The number of nitrogens with one attached hydrogen (secondary N) is 1. The summed E-state index contributed by atoms with van der Waals surface area (Å²) in [5.41, 5.74) is 0.888. The fourth-order valence-electron chi connectivity index (χ4n) is 2.34. The molecule has 0 unspecified atom stereocenters. The maximum Gasteiger partial charge on any atom is 0.251 e. The molecule has 2 rings (SSSR count). The molecule has 0 aliphatic carbocycles. The van der Waals surface area contributed by atoms with Gasteiger partial charge in [0.1, 0.15) is 5.82 Å². The van der Waals surface area contributed by atoms with Crippen molar-refractivity contribution in [2.45, 2.75) is 25.8 Å². The number of nitrogens with zero attached hydrogens (tertiary/aromatic N) is 2. The van der Waals surface area contributed by atoms with Crippen molar-refractivity contribution in [3.05, 3.63) is 35.1 Å². The molecule has 0 spiro atoms. The van der Waals surface area contributed by atoms with E-state index in [1.54, 1.807) is 19.1 Å². The molecule has 1 aliphatic heterocycles. The first-order valence-corrected chi connectivity index (χ1v) is 6.76. The zero-order valence-electron chi connectivity index (χ0n) is 11.5. The van der Waals surface area contributed by atoms with Gasteiger partial charge in [-0.15, -0.1) is 0 Å². The molecule has 0 bridgehead atoms. The number of rotatable bonds is 3. The van der Waals surface area contributed by atoms with E-state index in [2.05, 4.69) is 16.3 Å². The number of hydrogen-bond donors (Lipinski definition) is 1. The molecule has 1 aromatic carbocycles. The quantitative estimate of drug-likeness (QED) is 0.857. The number of hydrogen-bond acceptors (Lipinski definition) is 3. The molecule has 5 heteroatoms. The third-order valence-electron chi connectivity index (χ3n) is 3.65. The Balaban J connectivity index is 1.89. The number of carbonyl (C=O) groups is 1. The van der Waals surface area contributed by atoms with E-state index < -0.39 is 0 Å². The third kappa shape index (κ3) is 3.55. The van der Waals surface area contributed by atoms with Crippen molar-refractivity contribution in [2.75, 3.05) is 19.6 Å². The highest BCUT2D eigenvalue weighted by atomic mass is 19.1. The minimum atomic E-state index is -0.360. The first-order chi connectivity index (χ1) is 9.60. The smallest absolute Gasteiger partial charge is 0.251 e. The van der Waals surface area contributed by atoms with Crippen LogP contribution in [0.3, 0.4) is 0 Å². The Morgan fingerprint density at radius 3 is 2.80 bits per heavy atom. The molecule has 1 saturated heterocycles. The molecule has 0 aromatic heterocycles. The van der Waals surface area contributed by atoms with Crippen LogP contribution in [0, 0.1) is 24.1 Å². The van der Waals surface area contributed by atoms with Crippen molar-refractivity contribution in [2.24, 2.45) is 0 Å². The zero-order chi connectivity index (χ0) is 14.5. The number of nitriles is 1. The van der Waals surface area contributed by atoms with Gasteiger partial charge >= 0.3 is 0 Å². The fraction of sp³-hybridized carbons (Fsp3) is 0.467. The van der Waals surface area contributed by atoms with Gasteiger partial charge in [-0.1, -0.05) is 6.07 Å². The second-order valence-electron chi connectivity index (χ2n) is 5.15. The number of likely N-dealkylation sites (tertiary alicyclic amines) is 1. The Kier molecular flexibility index (Phi) is 4.70. The minimum Gasteiger partial charge on any atom is -0.349 e. The number of amides is 1. The summed E-state index contributed by atoms with van der Waals surface area (Å²) >= 11 is 0. The minimum absolute atomic E-state index is 0.0989. The Morgan fingerprint density at radius 2 is 2.20 bits per heavy atom. The third-order valence-corrected chi connectivity index (χ3v) is 3.65. The summed E-state index contributed by atoms with van der Waals surface area (Å²) in [5, 5.41) is 11.6. The predicted molar refractivity (Wildman–Crippen MR) is 73.7 cm³/mol. The van der Waals surface area contributed by atoms with E-state index in [-0.39, 0.29) is 17.8 Å². The number of aryl methyl sites for hydroxylation is 1. The highest BCUT2D eigenvalue weighted by Crippen LogP contribution is 2.12. The molecular weight excluding hydrogens is 257 g/mol. The number of piperidine rings is 1. The highest BCUT2D eigenvalue weighted by Gasteiger charge is 2.21. The van der Waals surface area contributed by atoms with Crippen LogP contribution >= 0.6 is 0 Å². The number of benzene rings is 1. The van der Waals surface area contributed by atoms with Gasteiger partial charge < -0.3 is 5.32 Å². The Morgan fingerprint density at radius 1 is 1.50 bits per heavy atom. The van der Waals surface area contributed by atoms with Crippen molar-refractivity contribution < 1.29 is 9.18 Å². The van der Waals surface area contributed by atoms with Gasteiger partial charge in [-0.2, -0.15) is 5.26 Å². The SMILES string of the molecule is Cc1ccc(C(=O)NC2CCN(CC#N)CC2)cc1F. The topological polar surface area (TPSA) is 56.1 Å². The number of carbonyl (C=O) groups excluding carboxylic acids is 1. The Labute approximate surface area is 118 Å².